The molecule has 0 aliphatic carbocycles. The minimum atomic E-state index is -0.174. The molecule has 2 aromatic heterocycles. The van der Waals surface area contributed by atoms with Gasteiger partial charge < -0.3 is 5.32 Å². The van der Waals surface area contributed by atoms with Crippen LogP contribution in [0.5, 0.6) is 0 Å². The zero-order valence-electron chi connectivity index (χ0n) is 10.0. The van der Waals surface area contributed by atoms with Crippen molar-refractivity contribution in [3.05, 3.63) is 52.5 Å². The number of fused-ring (bicyclic) bond motifs is 3. The van der Waals surface area contributed by atoms with Gasteiger partial charge in [0.2, 0.25) is 4.96 Å². The summed E-state index contributed by atoms with van der Waals surface area (Å²) in [4.78, 5) is 6.21. The van der Waals surface area contributed by atoms with Crippen LogP contribution in [0, 0.1) is 5.82 Å². The second kappa shape index (κ2) is 4.11. The lowest BCUT2D eigenvalue weighted by Gasteiger charge is -2.24. The van der Waals surface area contributed by atoms with Crippen molar-refractivity contribution in [2.75, 3.05) is 6.54 Å². The van der Waals surface area contributed by atoms with E-state index in [-0.39, 0.29) is 11.9 Å². The molecule has 0 saturated heterocycles. The molecule has 1 N–H and O–H groups in total. The van der Waals surface area contributed by atoms with E-state index in [0.29, 0.717) is 5.56 Å². The Kier molecular flexibility index (Phi) is 2.39. The van der Waals surface area contributed by atoms with Crippen LogP contribution in [-0.4, -0.2) is 21.1 Å². The Bertz CT molecular complexity index is 748. The molecule has 96 valence electrons. The summed E-state index contributed by atoms with van der Waals surface area (Å²) in [5.41, 5.74) is 1.83. The van der Waals surface area contributed by atoms with Crippen LogP contribution in [0.15, 0.2) is 30.6 Å². The van der Waals surface area contributed by atoms with Gasteiger partial charge in [0.1, 0.15) is 12.1 Å². The SMILES string of the molecule is Fc1ccccc1C1NCCc2c1sc1ncnn21. The average Bonchev–Trinajstić information content (AvgIpc) is 2.99. The van der Waals surface area contributed by atoms with Crippen LogP contribution in [0.3, 0.4) is 0 Å². The van der Waals surface area contributed by atoms with Gasteiger partial charge in [-0.15, -0.1) is 0 Å². The molecule has 1 aliphatic rings. The van der Waals surface area contributed by atoms with Gasteiger partial charge in [0.25, 0.3) is 0 Å². The number of benzene rings is 1. The molecule has 1 aromatic carbocycles. The number of hydrogen-bond donors (Lipinski definition) is 1. The number of nitrogens with zero attached hydrogens (tertiary/aromatic N) is 3. The van der Waals surface area contributed by atoms with E-state index < -0.39 is 0 Å². The molecular formula is C13H11FN4S. The Morgan fingerprint density at radius 2 is 2.26 bits per heavy atom. The minimum absolute atomic E-state index is 0.0987. The third kappa shape index (κ3) is 1.60. The van der Waals surface area contributed by atoms with E-state index in [4.69, 9.17) is 0 Å². The molecule has 0 fully saturated rings. The van der Waals surface area contributed by atoms with Crippen molar-refractivity contribution in [1.29, 1.82) is 0 Å². The van der Waals surface area contributed by atoms with Crippen LogP contribution in [-0.2, 0) is 6.42 Å². The zero-order chi connectivity index (χ0) is 12.8. The predicted octanol–water partition coefficient (Wildman–Crippen LogP) is 2.17. The molecule has 3 aromatic rings. The lowest BCUT2D eigenvalue weighted by Crippen LogP contribution is -2.30. The first kappa shape index (κ1) is 11.1. The van der Waals surface area contributed by atoms with Gasteiger partial charge in [-0.1, -0.05) is 29.5 Å². The molecule has 4 rings (SSSR count). The predicted molar refractivity (Wildman–Crippen MR) is 70.8 cm³/mol. The van der Waals surface area contributed by atoms with E-state index in [1.165, 1.54) is 6.07 Å². The van der Waals surface area contributed by atoms with Gasteiger partial charge >= 0.3 is 0 Å². The standard InChI is InChI=1S/C13H11FN4S/c14-9-4-2-1-3-8(9)11-12-10(5-6-15-11)18-13(19-12)16-7-17-18/h1-4,7,11,15H,5-6H2. The molecule has 0 amide bonds. The number of rotatable bonds is 1. The Labute approximate surface area is 112 Å². The molecule has 19 heavy (non-hydrogen) atoms. The van der Waals surface area contributed by atoms with Crippen molar-refractivity contribution >= 4 is 16.3 Å². The van der Waals surface area contributed by atoms with Gasteiger partial charge in [-0.05, 0) is 6.07 Å². The molecule has 1 unspecified atom stereocenters. The van der Waals surface area contributed by atoms with Crippen LogP contribution in [0.25, 0.3) is 4.96 Å². The topological polar surface area (TPSA) is 42.2 Å². The van der Waals surface area contributed by atoms with E-state index in [2.05, 4.69) is 15.4 Å². The number of thiazole rings is 1. The van der Waals surface area contributed by atoms with Crippen molar-refractivity contribution in [3.63, 3.8) is 0 Å². The Morgan fingerprint density at radius 1 is 1.37 bits per heavy atom. The van der Waals surface area contributed by atoms with Gasteiger partial charge in [-0.25, -0.2) is 13.9 Å². The molecule has 4 nitrogen and oxygen atoms in total. The van der Waals surface area contributed by atoms with Gasteiger partial charge in [-0.3, -0.25) is 0 Å². The van der Waals surface area contributed by atoms with Gasteiger partial charge in [-0.2, -0.15) is 5.10 Å². The van der Waals surface area contributed by atoms with Gasteiger partial charge in [0.05, 0.1) is 16.6 Å². The smallest absolute Gasteiger partial charge is 0.212 e. The lowest BCUT2D eigenvalue weighted by atomic mass is 9.99. The Balaban J connectivity index is 1.91. The van der Waals surface area contributed by atoms with Crippen LogP contribution in [0.4, 0.5) is 4.39 Å². The fourth-order valence-electron chi connectivity index (χ4n) is 2.59. The van der Waals surface area contributed by atoms with E-state index in [9.17, 15) is 4.39 Å². The highest BCUT2D eigenvalue weighted by molar-refractivity contribution is 7.17. The number of nitrogens with one attached hydrogen (secondary N) is 1. The van der Waals surface area contributed by atoms with E-state index in [1.807, 2.05) is 16.6 Å². The van der Waals surface area contributed by atoms with Gasteiger partial charge in [0, 0.05) is 18.5 Å². The molecule has 3 heterocycles. The van der Waals surface area contributed by atoms with E-state index in [1.54, 1.807) is 23.7 Å². The molecule has 6 heteroatoms. The number of halogens is 1. The molecule has 0 radical (unpaired) electrons. The van der Waals surface area contributed by atoms with Crippen LogP contribution >= 0.6 is 11.3 Å². The maximum atomic E-state index is 14.0. The summed E-state index contributed by atoms with van der Waals surface area (Å²) in [6.07, 6.45) is 2.45. The van der Waals surface area contributed by atoms with E-state index in [0.717, 1.165) is 28.5 Å². The van der Waals surface area contributed by atoms with Gasteiger partial charge in [0.15, 0.2) is 0 Å². The summed E-state index contributed by atoms with van der Waals surface area (Å²) in [6.45, 7) is 0.817. The maximum Gasteiger partial charge on any atom is 0.212 e. The summed E-state index contributed by atoms with van der Waals surface area (Å²) in [5, 5.41) is 7.62. The highest BCUT2D eigenvalue weighted by atomic mass is 32.1. The highest BCUT2D eigenvalue weighted by Gasteiger charge is 2.28. The third-order valence-corrected chi connectivity index (χ3v) is 4.60. The first-order valence-corrected chi connectivity index (χ1v) is 6.95. The summed E-state index contributed by atoms with van der Waals surface area (Å²) >= 11 is 1.58. The fourth-order valence-corrected chi connectivity index (χ4v) is 3.76. The zero-order valence-corrected chi connectivity index (χ0v) is 10.8. The second-order valence-electron chi connectivity index (χ2n) is 4.53. The fraction of sp³-hybridized carbons (Fsp3) is 0.231. The Hall–Kier alpha value is -1.79. The van der Waals surface area contributed by atoms with E-state index >= 15 is 0 Å². The van der Waals surface area contributed by atoms with Crippen molar-refractivity contribution in [3.8, 4) is 0 Å². The average molecular weight is 274 g/mol. The van der Waals surface area contributed by atoms with Crippen LogP contribution in [0.1, 0.15) is 22.2 Å². The van der Waals surface area contributed by atoms with Crippen molar-refractivity contribution in [2.24, 2.45) is 0 Å². The van der Waals surface area contributed by atoms with Crippen molar-refractivity contribution in [1.82, 2.24) is 19.9 Å². The highest BCUT2D eigenvalue weighted by Crippen LogP contribution is 2.35. The maximum absolute atomic E-state index is 14.0. The summed E-state index contributed by atoms with van der Waals surface area (Å²) < 4.78 is 15.8. The number of aromatic nitrogens is 3. The monoisotopic (exact) mass is 274 g/mol. The summed E-state index contributed by atoms with van der Waals surface area (Å²) in [6, 6.07) is 6.81. The first-order valence-electron chi connectivity index (χ1n) is 6.13. The summed E-state index contributed by atoms with van der Waals surface area (Å²) in [5.74, 6) is -0.174. The molecule has 1 aliphatic heterocycles. The number of hydrogen-bond acceptors (Lipinski definition) is 4. The minimum Gasteiger partial charge on any atom is -0.305 e. The van der Waals surface area contributed by atoms with Crippen molar-refractivity contribution < 1.29 is 4.39 Å². The van der Waals surface area contributed by atoms with Crippen molar-refractivity contribution in [2.45, 2.75) is 12.5 Å². The second-order valence-corrected chi connectivity index (χ2v) is 5.54. The molecule has 0 spiro atoms. The Morgan fingerprint density at radius 3 is 3.16 bits per heavy atom. The quantitative estimate of drug-likeness (QED) is 0.739. The molecule has 0 bridgehead atoms. The normalized spacial score (nSPS) is 18.7. The molecule has 0 saturated carbocycles. The molecule has 1 atom stereocenters. The first-order chi connectivity index (χ1) is 9.34. The van der Waals surface area contributed by atoms with Crippen LogP contribution < -0.4 is 5.32 Å². The van der Waals surface area contributed by atoms with Crippen LogP contribution in [0.2, 0.25) is 0 Å². The largest absolute Gasteiger partial charge is 0.305 e. The third-order valence-electron chi connectivity index (χ3n) is 3.45. The lowest BCUT2D eigenvalue weighted by molar-refractivity contribution is 0.526. The molecular weight excluding hydrogens is 263 g/mol. The summed E-state index contributed by atoms with van der Waals surface area (Å²) in [7, 11) is 0.